The first-order valence-electron chi connectivity index (χ1n) is 5.52. The minimum absolute atomic E-state index is 0.341. The molecule has 0 amide bonds. The molecule has 17 heavy (non-hydrogen) atoms. The van der Waals surface area contributed by atoms with Crippen LogP contribution in [-0.4, -0.2) is 20.7 Å². The Labute approximate surface area is 108 Å². The van der Waals surface area contributed by atoms with E-state index < -0.39 is 14.0 Å². The summed E-state index contributed by atoms with van der Waals surface area (Å²) in [5.41, 5.74) is 6.43. The third kappa shape index (κ3) is 4.79. The van der Waals surface area contributed by atoms with Crippen molar-refractivity contribution in [2.24, 2.45) is 0 Å². The van der Waals surface area contributed by atoms with Crippen molar-refractivity contribution >= 4 is 31.3 Å². The van der Waals surface area contributed by atoms with Crippen LogP contribution >= 0.6 is 11.6 Å². The molecule has 0 bridgehead atoms. The summed E-state index contributed by atoms with van der Waals surface area (Å²) in [6.07, 6.45) is 0. The Hall–Kier alpha value is -1.00. The van der Waals surface area contributed by atoms with Gasteiger partial charge in [-0.05, 0) is 24.2 Å². The molecule has 0 aromatic heterocycles. The molecule has 1 aromatic carbocycles. The highest BCUT2D eigenvalue weighted by Gasteiger charge is 2.16. The van der Waals surface area contributed by atoms with E-state index >= 15 is 0 Å². The van der Waals surface area contributed by atoms with Gasteiger partial charge in [0.15, 0.2) is 0 Å². The van der Waals surface area contributed by atoms with Gasteiger partial charge >= 0.3 is 5.97 Å². The van der Waals surface area contributed by atoms with Crippen molar-refractivity contribution in [3.05, 3.63) is 28.8 Å². The van der Waals surface area contributed by atoms with Gasteiger partial charge in [-0.2, -0.15) is 0 Å². The number of carbonyl (C=O) groups excluding carboxylic acids is 1. The van der Waals surface area contributed by atoms with E-state index in [4.69, 9.17) is 22.1 Å². The van der Waals surface area contributed by atoms with Crippen LogP contribution in [0.5, 0.6) is 0 Å². The first-order valence-corrected chi connectivity index (χ1v) is 9.60. The number of nitrogen functional groups attached to an aromatic ring is 1. The van der Waals surface area contributed by atoms with Gasteiger partial charge in [-0.25, -0.2) is 4.79 Å². The minimum Gasteiger partial charge on any atom is -0.462 e. The van der Waals surface area contributed by atoms with Crippen LogP contribution in [-0.2, 0) is 4.74 Å². The number of carbonyl (C=O) groups is 1. The highest BCUT2D eigenvalue weighted by Crippen LogP contribution is 2.19. The second kappa shape index (κ2) is 5.56. The Morgan fingerprint density at radius 1 is 1.41 bits per heavy atom. The largest absolute Gasteiger partial charge is 0.462 e. The van der Waals surface area contributed by atoms with Crippen LogP contribution < -0.4 is 5.73 Å². The van der Waals surface area contributed by atoms with Gasteiger partial charge in [-0.15, -0.1) is 0 Å². The fourth-order valence-corrected chi connectivity index (χ4v) is 2.12. The average Bonchev–Trinajstić information content (AvgIpc) is 2.19. The Kier molecular flexibility index (Phi) is 4.59. The summed E-state index contributed by atoms with van der Waals surface area (Å²) in [5.74, 6) is -0.400. The first kappa shape index (κ1) is 14.1. The highest BCUT2D eigenvalue weighted by molar-refractivity contribution is 6.76. The maximum absolute atomic E-state index is 11.8. The second-order valence-corrected chi connectivity index (χ2v) is 11.2. The topological polar surface area (TPSA) is 52.3 Å². The number of benzene rings is 1. The molecule has 0 atom stereocenters. The van der Waals surface area contributed by atoms with Crippen molar-refractivity contribution in [3.8, 4) is 0 Å². The van der Waals surface area contributed by atoms with Crippen LogP contribution in [0.25, 0.3) is 0 Å². The first-order chi connectivity index (χ1) is 7.79. The van der Waals surface area contributed by atoms with Gasteiger partial charge in [-0.3, -0.25) is 0 Å². The summed E-state index contributed by atoms with van der Waals surface area (Å²) < 4.78 is 5.20. The maximum Gasteiger partial charge on any atom is 0.340 e. The van der Waals surface area contributed by atoms with E-state index in [1.165, 1.54) is 6.07 Å². The lowest BCUT2D eigenvalue weighted by molar-refractivity contribution is 0.0526. The molecule has 0 aliphatic carbocycles. The average molecular weight is 272 g/mol. The van der Waals surface area contributed by atoms with Crippen molar-refractivity contribution in [3.63, 3.8) is 0 Å². The molecule has 0 fully saturated rings. The molecule has 0 spiro atoms. The highest BCUT2D eigenvalue weighted by atomic mass is 35.5. The zero-order valence-electron chi connectivity index (χ0n) is 10.4. The molecule has 94 valence electrons. The maximum atomic E-state index is 11.8. The molecule has 0 aliphatic heterocycles. The van der Waals surface area contributed by atoms with Crippen LogP contribution in [0.4, 0.5) is 5.69 Å². The van der Waals surface area contributed by atoms with Crippen LogP contribution in [0, 0.1) is 0 Å². The number of ether oxygens (including phenoxy) is 1. The van der Waals surface area contributed by atoms with Gasteiger partial charge in [0, 0.05) is 18.8 Å². The molecule has 1 aromatic rings. The Morgan fingerprint density at radius 2 is 2.06 bits per heavy atom. The second-order valence-electron chi connectivity index (χ2n) is 5.18. The van der Waals surface area contributed by atoms with E-state index in [0.29, 0.717) is 22.9 Å². The van der Waals surface area contributed by atoms with E-state index in [1.807, 2.05) is 0 Å². The SMILES string of the molecule is C[Si](C)(C)CCOC(=O)c1cc(Cl)ccc1N. The zero-order chi connectivity index (χ0) is 13.1. The fourth-order valence-electron chi connectivity index (χ4n) is 1.23. The molecule has 0 unspecified atom stereocenters. The van der Waals surface area contributed by atoms with Gasteiger partial charge in [0.05, 0.1) is 12.2 Å². The van der Waals surface area contributed by atoms with Crippen molar-refractivity contribution in [2.45, 2.75) is 25.7 Å². The predicted octanol–water partition coefficient (Wildman–Crippen LogP) is 3.42. The Morgan fingerprint density at radius 3 is 2.65 bits per heavy atom. The molecule has 0 heterocycles. The molecule has 0 aliphatic rings. The summed E-state index contributed by atoms with van der Waals surface area (Å²) in [6, 6.07) is 5.74. The van der Waals surface area contributed by atoms with Crippen LogP contribution in [0.2, 0.25) is 30.7 Å². The summed E-state index contributed by atoms with van der Waals surface area (Å²) in [6.45, 7) is 7.14. The number of nitrogens with two attached hydrogens (primary N) is 1. The molecule has 0 radical (unpaired) electrons. The van der Waals surface area contributed by atoms with Crippen LogP contribution in [0.15, 0.2) is 18.2 Å². The minimum atomic E-state index is -1.18. The van der Waals surface area contributed by atoms with Crippen molar-refractivity contribution in [1.82, 2.24) is 0 Å². The number of halogens is 1. The van der Waals surface area contributed by atoms with E-state index in [2.05, 4.69) is 19.6 Å². The van der Waals surface area contributed by atoms with Crippen molar-refractivity contribution < 1.29 is 9.53 Å². The Bertz CT molecular complexity index is 415. The van der Waals surface area contributed by atoms with Gasteiger partial charge in [0.25, 0.3) is 0 Å². The fraction of sp³-hybridized carbons (Fsp3) is 0.417. The third-order valence-corrected chi connectivity index (χ3v) is 4.26. The van der Waals surface area contributed by atoms with E-state index in [1.54, 1.807) is 12.1 Å². The number of hydrogen-bond acceptors (Lipinski definition) is 3. The quantitative estimate of drug-likeness (QED) is 0.519. The lowest BCUT2D eigenvalue weighted by Gasteiger charge is -2.15. The summed E-state index contributed by atoms with van der Waals surface area (Å²) in [7, 11) is -1.18. The number of rotatable bonds is 4. The monoisotopic (exact) mass is 271 g/mol. The number of anilines is 1. The standard InChI is InChI=1S/C12H18ClNO2Si/c1-17(2,3)7-6-16-12(15)10-8-9(13)4-5-11(10)14/h4-5,8H,6-7,14H2,1-3H3. The predicted molar refractivity (Wildman–Crippen MR) is 74.3 cm³/mol. The van der Waals surface area contributed by atoms with Gasteiger partial charge in [-0.1, -0.05) is 31.2 Å². The molecule has 0 saturated carbocycles. The smallest absolute Gasteiger partial charge is 0.340 e. The molecule has 5 heteroatoms. The van der Waals surface area contributed by atoms with Crippen molar-refractivity contribution in [2.75, 3.05) is 12.3 Å². The molecular weight excluding hydrogens is 254 g/mol. The summed E-state index contributed by atoms with van der Waals surface area (Å²) >= 11 is 5.81. The summed E-state index contributed by atoms with van der Waals surface area (Å²) in [5, 5.41) is 0.483. The van der Waals surface area contributed by atoms with Crippen LogP contribution in [0.3, 0.4) is 0 Å². The van der Waals surface area contributed by atoms with Gasteiger partial charge in [0.1, 0.15) is 0 Å². The molecule has 3 nitrogen and oxygen atoms in total. The molecule has 0 saturated heterocycles. The van der Waals surface area contributed by atoms with Crippen LogP contribution in [0.1, 0.15) is 10.4 Å². The number of hydrogen-bond donors (Lipinski definition) is 1. The molecule has 1 rings (SSSR count). The van der Waals surface area contributed by atoms with E-state index in [0.717, 1.165) is 6.04 Å². The lowest BCUT2D eigenvalue weighted by atomic mass is 10.2. The summed E-state index contributed by atoms with van der Waals surface area (Å²) in [4.78, 5) is 11.8. The number of esters is 1. The molecule has 2 N–H and O–H groups in total. The van der Waals surface area contributed by atoms with E-state index in [-0.39, 0.29) is 0 Å². The lowest BCUT2D eigenvalue weighted by Crippen LogP contribution is -2.22. The van der Waals surface area contributed by atoms with Gasteiger partial charge < -0.3 is 10.5 Å². The zero-order valence-corrected chi connectivity index (χ0v) is 12.2. The Balaban J connectivity index is 2.61. The third-order valence-electron chi connectivity index (χ3n) is 2.32. The van der Waals surface area contributed by atoms with Gasteiger partial charge in [0.2, 0.25) is 0 Å². The van der Waals surface area contributed by atoms with E-state index in [9.17, 15) is 4.79 Å². The normalized spacial score (nSPS) is 11.3. The molecular formula is C12H18ClNO2Si. The van der Waals surface area contributed by atoms with Crippen molar-refractivity contribution in [1.29, 1.82) is 0 Å².